The van der Waals surface area contributed by atoms with Gasteiger partial charge in [-0.05, 0) is 12.1 Å². The molecule has 0 aliphatic carbocycles. The van der Waals surface area contributed by atoms with Gasteiger partial charge in [-0.2, -0.15) is 0 Å². The third kappa shape index (κ3) is 3.77. The molecule has 2 aromatic heterocycles. The molecular formula is C14H15N7O4. The van der Waals surface area contributed by atoms with E-state index in [1.165, 1.54) is 30.9 Å². The van der Waals surface area contributed by atoms with Crippen LogP contribution in [0, 0.1) is 10.1 Å². The minimum atomic E-state index is -0.578. The summed E-state index contributed by atoms with van der Waals surface area (Å²) in [6.07, 6.45) is 4.15. The molecule has 11 heteroatoms. The maximum atomic E-state index is 12.0. The summed E-state index contributed by atoms with van der Waals surface area (Å²) < 4.78 is 5.25. The molecule has 2 N–H and O–H groups in total. The number of hydrogen-bond acceptors (Lipinski definition) is 9. The average molecular weight is 345 g/mol. The lowest BCUT2D eigenvalue weighted by molar-refractivity contribution is -0.383. The Balaban J connectivity index is 1.81. The number of hydrazine groups is 1. The smallest absolute Gasteiger partial charge is 0.355 e. The van der Waals surface area contributed by atoms with Crippen LogP contribution in [-0.2, 0) is 4.74 Å². The number of amides is 1. The summed E-state index contributed by atoms with van der Waals surface area (Å²) >= 11 is 0. The first-order valence-electron chi connectivity index (χ1n) is 7.45. The average Bonchev–Trinajstić information content (AvgIpc) is 2.67. The van der Waals surface area contributed by atoms with Crippen LogP contribution in [0.3, 0.4) is 0 Å². The highest BCUT2D eigenvalue weighted by molar-refractivity contribution is 5.94. The molecule has 0 spiro atoms. The number of nitro groups is 1. The molecule has 1 aliphatic rings. The van der Waals surface area contributed by atoms with Crippen LogP contribution < -0.4 is 15.8 Å². The van der Waals surface area contributed by atoms with Crippen LogP contribution in [0.25, 0.3) is 0 Å². The fraction of sp³-hybridized carbons (Fsp3) is 0.286. The SMILES string of the molecule is O=C(NNc1ncnc(N2CCOCC2)c1[N+](=O)[O-])c1ccncc1. The van der Waals surface area contributed by atoms with Gasteiger partial charge in [-0.1, -0.05) is 0 Å². The van der Waals surface area contributed by atoms with Crippen LogP contribution >= 0.6 is 0 Å². The van der Waals surface area contributed by atoms with Gasteiger partial charge in [-0.15, -0.1) is 0 Å². The lowest BCUT2D eigenvalue weighted by atomic mass is 10.3. The first kappa shape index (κ1) is 16.5. The van der Waals surface area contributed by atoms with Gasteiger partial charge in [0.05, 0.1) is 18.1 Å². The number of anilines is 2. The molecule has 11 nitrogen and oxygen atoms in total. The molecule has 1 fully saturated rings. The largest absolute Gasteiger partial charge is 0.378 e. The molecule has 3 rings (SSSR count). The Morgan fingerprint density at radius 3 is 2.64 bits per heavy atom. The quantitative estimate of drug-likeness (QED) is 0.582. The summed E-state index contributed by atoms with van der Waals surface area (Å²) in [6.45, 7) is 1.90. The normalized spacial score (nSPS) is 14.0. The third-order valence-electron chi connectivity index (χ3n) is 3.53. The Hall–Kier alpha value is -3.34. The zero-order valence-electron chi connectivity index (χ0n) is 13.1. The van der Waals surface area contributed by atoms with Crippen molar-refractivity contribution in [3.8, 4) is 0 Å². The van der Waals surface area contributed by atoms with Crippen LogP contribution in [0.1, 0.15) is 10.4 Å². The lowest BCUT2D eigenvalue weighted by Crippen LogP contribution is -2.37. The van der Waals surface area contributed by atoms with Crippen LogP contribution in [0.4, 0.5) is 17.3 Å². The van der Waals surface area contributed by atoms with Crippen LogP contribution in [0.15, 0.2) is 30.9 Å². The topological polar surface area (TPSA) is 135 Å². The predicted molar refractivity (Wildman–Crippen MR) is 87.0 cm³/mol. The molecule has 0 saturated carbocycles. The first-order chi connectivity index (χ1) is 12.2. The lowest BCUT2D eigenvalue weighted by Gasteiger charge is -2.27. The van der Waals surface area contributed by atoms with E-state index in [2.05, 4.69) is 25.8 Å². The Morgan fingerprint density at radius 2 is 1.96 bits per heavy atom. The number of nitrogens with one attached hydrogen (secondary N) is 2. The molecule has 0 atom stereocenters. The Kier molecular flexibility index (Phi) is 4.95. The van der Waals surface area contributed by atoms with Gasteiger partial charge in [0.1, 0.15) is 6.33 Å². The molecule has 3 heterocycles. The Labute approximate surface area is 142 Å². The number of aromatic nitrogens is 3. The fourth-order valence-corrected chi connectivity index (χ4v) is 2.33. The number of hydrogen-bond donors (Lipinski definition) is 2. The molecular weight excluding hydrogens is 330 g/mol. The van der Waals surface area contributed by atoms with E-state index in [0.717, 1.165) is 0 Å². The van der Waals surface area contributed by atoms with Gasteiger partial charge < -0.3 is 9.64 Å². The van der Waals surface area contributed by atoms with Gasteiger partial charge >= 0.3 is 5.69 Å². The Morgan fingerprint density at radius 1 is 1.24 bits per heavy atom. The second-order valence-electron chi connectivity index (χ2n) is 5.07. The van der Waals surface area contributed by atoms with Crippen LogP contribution in [0.5, 0.6) is 0 Å². The van der Waals surface area contributed by atoms with Crippen LogP contribution in [-0.4, -0.2) is 52.1 Å². The van der Waals surface area contributed by atoms with Crippen molar-refractivity contribution in [3.05, 3.63) is 46.5 Å². The number of pyridine rings is 1. The highest BCUT2D eigenvalue weighted by atomic mass is 16.6. The van der Waals surface area contributed by atoms with E-state index in [4.69, 9.17) is 4.74 Å². The second-order valence-corrected chi connectivity index (χ2v) is 5.07. The number of morpholine rings is 1. The van der Waals surface area contributed by atoms with Gasteiger partial charge in [0.15, 0.2) is 0 Å². The number of carbonyl (C=O) groups is 1. The van der Waals surface area contributed by atoms with Crippen molar-refractivity contribution in [1.29, 1.82) is 0 Å². The zero-order valence-corrected chi connectivity index (χ0v) is 13.1. The van der Waals surface area contributed by atoms with Gasteiger partial charge in [-0.3, -0.25) is 30.7 Å². The molecule has 2 aromatic rings. The summed E-state index contributed by atoms with van der Waals surface area (Å²) in [7, 11) is 0. The minimum Gasteiger partial charge on any atom is -0.378 e. The molecule has 0 radical (unpaired) electrons. The molecule has 0 unspecified atom stereocenters. The summed E-state index contributed by atoms with van der Waals surface area (Å²) in [5, 5.41) is 11.5. The standard InChI is InChI=1S/C14H15N7O4/c22-14(10-1-3-15-4-2-10)19-18-12-11(21(23)24)13(17-9-16-12)20-5-7-25-8-6-20/h1-4,9H,5-8H2,(H,19,22)(H,16,17,18). The zero-order chi connectivity index (χ0) is 17.6. The number of carbonyl (C=O) groups excluding carboxylic acids is 1. The summed E-state index contributed by atoms with van der Waals surface area (Å²) in [4.78, 5) is 36.4. The first-order valence-corrected chi connectivity index (χ1v) is 7.45. The second kappa shape index (κ2) is 7.49. The van der Waals surface area contributed by atoms with E-state index < -0.39 is 10.8 Å². The van der Waals surface area contributed by atoms with Crippen molar-refractivity contribution < 1.29 is 14.5 Å². The summed E-state index contributed by atoms with van der Waals surface area (Å²) in [5.74, 6) is -0.379. The van der Waals surface area contributed by atoms with Crippen LogP contribution in [0.2, 0.25) is 0 Å². The van der Waals surface area contributed by atoms with E-state index in [9.17, 15) is 14.9 Å². The Bertz CT molecular complexity index is 765. The predicted octanol–water partition coefficient (Wildman–Crippen LogP) is 0.373. The maximum Gasteiger partial charge on any atom is 0.355 e. The van der Waals surface area contributed by atoms with Gasteiger partial charge in [0, 0.05) is 31.0 Å². The highest BCUT2D eigenvalue weighted by Crippen LogP contribution is 2.31. The molecule has 1 aliphatic heterocycles. The van der Waals surface area contributed by atoms with Crippen molar-refractivity contribution in [1.82, 2.24) is 20.4 Å². The number of rotatable bonds is 5. The van der Waals surface area contributed by atoms with E-state index in [1.54, 1.807) is 4.90 Å². The van der Waals surface area contributed by atoms with Crippen molar-refractivity contribution in [2.45, 2.75) is 0 Å². The number of nitrogens with zero attached hydrogens (tertiary/aromatic N) is 5. The van der Waals surface area contributed by atoms with Crippen molar-refractivity contribution in [2.24, 2.45) is 0 Å². The molecule has 0 aromatic carbocycles. The summed E-state index contributed by atoms with van der Waals surface area (Å²) in [6, 6.07) is 3.04. The van der Waals surface area contributed by atoms with E-state index in [-0.39, 0.29) is 17.3 Å². The minimum absolute atomic E-state index is 0.0936. The van der Waals surface area contributed by atoms with Crippen molar-refractivity contribution >= 4 is 23.2 Å². The maximum absolute atomic E-state index is 12.0. The van der Waals surface area contributed by atoms with E-state index in [1.807, 2.05) is 0 Å². The fourth-order valence-electron chi connectivity index (χ4n) is 2.33. The monoisotopic (exact) mass is 345 g/mol. The van der Waals surface area contributed by atoms with Gasteiger partial charge in [0.25, 0.3) is 5.91 Å². The van der Waals surface area contributed by atoms with Gasteiger partial charge in [-0.25, -0.2) is 9.97 Å². The molecule has 130 valence electrons. The van der Waals surface area contributed by atoms with E-state index in [0.29, 0.717) is 31.9 Å². The highest BCUT2D eigenvalue weighted by Gasteiger charge is 2.28. The van der Waals surface area contributed by atoms with E-state index >= 15 is 0 Å². The molecule has 0 bridgehead atoms. The molecule has 1 saturated heterocycles. The molecule has 1 amide bonds. The van der Waals surface area contributed by atoms with Crippen molar-refractivity contribution in [2.75, 3.05) is 36.6 Å². The molecule has 25 heavy (non-hydrogen) atoms. The summed E-state index contributed by atoms with van der Waals surface area (Å²) in [5.41, 5.74) is 4.94. The van der Waals surface area contributed by atoms with Gasteiger partial charge in [0.2, 0.25) is 11.6 Å². The third-order valence-corrected chi connectivity index (χ3v) is 3.53. The van der Waals surface area contributed by atoms with Crippen molar-refractivity contribution in [3.63, 3.8) is 0 Å². The number of ether oxygens (including phenoxy) is 1.